The van der Waals surface area contributed by atoms with Crippen LogP contribution in [0.4, 0.5) is 5.69 Å². The van der Waals surface area contributed by atoms with E-state index in [0.29, 0.717) is 25.8 Å². The molecule has 1 aromatic heterocycles. The predicted molar refractivity (Wildman–Crippen MR) is 104 cm³/mol. The van der Waals surface area contributed by atoms with Crippen molar-refractivity contribution < 1.29 is 19.6 Å². The Bertz CT molecular complexity index is 836. The van der Waals surface area contributed by atoms with E-state index in [0.717, 1.165) is 0 Å². The number of hydroxylamine groups is 1. The normalized spacial score (nSPS) is 10.4. The first-order chi connectivity index (χ1) is 13.4. The first-order valence-electron chi connectivity index (χ1n) is 8.44. The number of nitrogens with zero attached hydrogens (tertiary/aromatic N) is 1. The number of halogens is 2. The minimum Gasteiger partial charge on any atom is -0.351 e. The number of carbonyl (C=O) groups is 3. The Morgan fingerprint density at radius 1 is 1.07 bits per heavy atom. The van der Waals surface area contributed by atoms with E-state index in [-0.39, 0.29) is 33.4 Å². The highest BCUT2D eigenvalue weighted by molar-refractivity contribution is 6.40. The summed E-state index contributed by atoms with van der Waals surface area (Å²) < 4.78 is 0. The van der Waals surface area contributed by atoms with E-state index in [9.17, 15) is 14.4 Å². The highest BCUT2D eigenvalue weighted by atomic mass is 35.5. The summed E-state index contributed by atoms with van der Waals surface area (Å²) in [6.07, 6.45) is 3.46. The molecule has 0 aliphatic rings. The lowest BCUT2D eigenvalue weighted by atomic mass is 10.2. The van der Waals surface area contributed by atoms with Gasteiger partial charge in [0.05, 0.1) is 27.5 Å². The van der Waals surface area contributed by atoms with Crippen LogP contribution in [0.5, 0.6) is 0 Å². The van der Waals surface area contributed by atoms with Gasteiger partial charge in [-0.05, 0) is 25.0 Å². The number of nitrogens with one attached hydrogen (secondary N) is 4. The molecule has 11 heteroatoms. The zero-order chi connectivity index (χ0) is 20.5. The third-order valence-electron chi connectivity index (χ3n) is 3.80. The minimum atomic E-state index is -0.562. The fourth-order valence-corrected chi connectivity index (χ4v) is 2.96. The molecule has 0 aliphatic carbocycles. The van der Waals surface area contributed by atoms with Crippen LogP contribution in [0.1, 0.15) is 46.5 Å². The maximum atomic E-state index is 12.4. The lowest BCUT2D eigenvalue weighted by Crippen LogP contribution is -2.26. The van der Waals surface area contributed by atoms with Gasteiger partial charge in [0, 0.05) is 13.0 Å². The lowest BCUT2D eigenvalue weighted by molar-refractivity contribution is -0.129. The van der Waals surface area contributed by atoms with Gasteiger partial charge in [0.2, 0.25) is 5.91 Å². The Hall–Kier alpha value is -2.62. The second-order valence-electron chi connectivity index (χ2n) is 5.81. The molecule has 2 aromatic rings. The number of amides is 3. The number of aromatic amines is 1. The van der Waals surface area contributed by atoms with Crippen molar-refractivity contribution in [3.8, 4) is 0 Å². The molecule has 3 amide bonds. The van der Waals surface area contributed by atoms with E-state index < -0.39 is 17.7 Å². The molecule has 28 heavy (non-hydrogen) atoms. The number of hydrogen-bond donors (Lipinski definition) is 5. The molecule has 0 unspecified atom stereocenters. The van der Waals surface area contributed by atoms with Crippen LogP contribution in [0.25, 0.3) is 0 Å². The third kappa shape index (κ3) is 5.95. The molecule has 0 aliphatic heterocycles. The van der Waals surface area contributed by atoms with Gasteiger partial charge in [-0.25, -0.2) is 5.48 Å². The summed E-state index contributed by atoms with van der Waals surface area (Å²) >= 11 is 12.0. The van der Waals surface area contributed by atoms with Crippen LogP contribution in [0.15, 0.2) is 24.4 Å². The number of hydrogen-bond acceptors (Lipinski definition) is 5. The number of benzene rings is 1. The molecular formula is C17H19Cl2N5O4. The van der Waals surface area contributed by atoms with Gasteiger partial charge in [0.25, 0.3) is 11.8 Å². The number of unbranched alkanes of at least 4 members (excludes halogenated alkanes) is 2. The number of H-pyrrole nitrogens is 1. The molecular weight excluding hydrogens is 409 g/mol. The van der Waals surface area contributed by atoms with Crippen molar-refractivity contribution in [2.45, 2.75) is 25.7 Å². The van der Waals surface area contributed by atoms with Crippen molar-refractivity contribution in [3.63, 3.8) is 0 Å². The van der Waals surface area contributed by atoms with Crippen LogP contribution in [0, 0.1) is 0 Å². The minimum absolute atomic E-state index is 0.0937. The summed E-state index contributed by atoms with van der Waals surface area (Å²) in [5.41, 5.74) is 1.95. The summed E-state index contributed by atoms with van der Waals surface area (Å²) in [6.45, 7) is 0.377. The average molecular weight is 428 g/mol. The molecule has 1 aromatic carbocycles. The first kappa shape index (κ1) is 21.7. The SMILES string of the molecule is O=C(CCCCCNC(=O)c1[nH]ncc1NC(=O)c1c(Cl)cccc1Cl)NO. The average Bonchev–Trinajstić information content (AvgIpc) is 3.12. The van der Waals surface area contributed by atoms with Crippen molar-refractivity contribution in [2.24, 2.45) is 0 Å². The Morgan fingerprint density at radius 3 is 2.46 bits per heavy atom. The molecule has 0 radical (unpaired) electrons. The Kier molecular flexibility index (Phi) is 8.24. The van der Waals surface area contributed by atoms with Gasteiger partial charge in [-0.3, -0.25) is 24.7 Å². The molecule has 0 saturated heterocycles. The Morgan fingerprint density at radius 2 is 1.79 bits per heavy atom. The summed E-state index contributed by atoms with van der Waals surface area (Å²) in [5, 5.41) is 20.4. The van der Waals surface area contributed by atoms with Gasteiger partial charge in [-0.1, -0.05) is 35.7 Å². The molecule has 2 rings (SSSR count). The van der Waals surface area contributed by atoms with Gasteiger partial charge in [-0.2, -0.15) is 5.10 Å². The number of rotatable bonds is 9. The van der Waals surface area contributed by atoms with E-state index in [1.54, 1.807) is 11.5 Å². The second kappa shape index (κ2) is 10.6. The van der Waals surface area contributed by atoms with Crippen LogP contribution < -0.4 is 16.1 Å². The van der Waals surface area contributed by atoms with Crippen LogP contribution in [0.2, 0.25) is 10.0 Å². The number of aromatic nitrogens is 2. The maximum absolute atomic E-state index is 12.4. The maximum Gasteiger partial charge on any atom is 0.271 e. The summed E-state index contributed by atoms with van der Waals surface area (Å²) in [5.74, 6) is -1.44. The number of carbonyl (C=O) groups excluding carboxylic acids is 3. The standard InChI is InChI=1S/C17H19Cl2N5O4/c18-10-5-4-6-11(19)14(10)16(26)22-12-9-21-23-15(12)17(27)20-8-3-1-2-7-13(25)24-28/h4-6,9,28H,1-3,7-8H2,(H,20,27)(H,21,23)(H,22,26)(H,24,25). The van der Waals surface area contributed by atoms with Gasteiger partial charge < -0.3 is 10.6 Å². The summed E-state index contributed by atoms with van der Waals surface area (Å²) in [7, 11) is 0. The van der Waals surface area contributed by atoms with Crippen molar-refractivity contribution in [3.05, 3.63) is 45.7 Å². The monoisotopic (exact) mass is 427 g/mol. The van der Waals surface area contributed by atoms with Crippen LogP contribution in [0.3, 0.4) is 0 Å². The summed E-state index contributed by atoms with van der Waals surface area (Å²) in [6, 6.07) is 4.69. The molecule has 0 fully saturated rings. The van der Waals surface area contributed by atoms with Crippen LogP contribution in [-0.2, 0) is 4.79 Å². The van der Waals surface area contributed by atoms with Gasteiger partial charge in [0.1, 0.15) is 5.69 Å². The molecule has 0 bridgehead atoms. The van der Waals surface area contributed by atoms with Gasteiger partial charge in [-0.15, -0.1) is 0 Å². The van der Waals surface area contributed by atoms with E-state index in [2.05, 4.69) is 20.8 Å². The summed E-state index contributed by atoms with van der Waals surface area (Å²) in [4.78, 5) is 35.6. The van der Waals surface area contributed by atoms with Gasteiger partial charge >= 0.3 is 0 Å². The van der Waals surface area contributed by atoms with E-state index in [4.69, 9.17) is 28.4 Å². The quantitative estimate of drug-likeness (QED) is 0.238. The Labute approximate surface area is 170 Å². The zero-order valence-corrected chi connectivity index (χ0v) is 16.2. The van der Waals surface area contributed by atoms with E-state index in [1.165, 1.54) is 18.3 Å². The smallest absolute Gasteiger partial charge is 0.271 e. The third-order valence-corrected chi connectivity index (χ3v) is 4.43. The second-order valence-corrected chi connectivity index (χ2v) is 6.63. The molecule has 9 nitrogen and oxygen atoms in total. The topological polar surface area (TPSA) is 136 Å². The lowest BCUT2D eigenvalue weighted by Gasteiger charge is -2.09. The van der Waals surface area contributed by atoms with Crippen molar-refractivity contribution >= 4 is 46.6 Å². The van der Waals surface area contributed by atoms with Crippen molar-refractivity contribution in [2.75, 3.05) is 11.9 Å². The molecule has 0 atom stereocenters. The first-order valence-corrected chi connectivity index (χ1v) is 9.19. The van der Waals surface area contributed by atoms with E-state index >= 15 is 0 Å². The molecule has 150 valence electrons. The fourth-order valence-electron chi connectivity index (χ4n) is 2.39. The van der Waals surface area contributed by atoms with Crippen molar-refractivity contribution in [1.82, 2.24) is 21.0 Å². The fraction of sp³-hybridized carbons (Fsp3) is 0.294. The van der Waals surface area contributed by atoms with E-state index in [1.807, 2.05) is 0 Å². The van der Waals surface area contributed by atoms with Crippen LogP contribution >= 0.6 is 23.2 Å². The zero-order valence-electron chi connectivity index (χ0n) is 14.7. The molecule has 1 heterocycles. The molecule has 5 N–H and O–H groups in total. The Balaban J connectivity index is 1.88. The predicted octanol–water partition coefficient (Wildman–Crippen LogP) is 2.76. The van der Waals surface area contributed by atoms with Crippen LogP contribution in [-0.4, -0.2) is 39.7 Å². The highest BCUT2D eigenvalue weighted by Crippen LogP contribution is 2.25. The number of anilines is 1. The van der Waals surface area contributed by atoms with Gasteiger partial charge in [0.15, 0.2) is 0 Å². The van der Waals surface area contributed by atoms with Crippen molar-refractivity contribution in [1.29, 1.82) is 0 Å². The largest absolute Gasteiger partial charge is 0.351 e. The molecule has 0 spiro atoms. The highest BCUT2D eigenvalue weighted by Gasteiger charge is 2.19. The molecule has 0 saturated carbocycles.